The van der Waals surface area contributed by atoms with Gasteiger partial charge in [0.15, 0.2) is 10.8 Å². The molecule has 2 rings (SSSR count). The van der Waals surface area contributed by atoms with Gasteiger partial charge >= 0.3 is 10.1 Å². The van der Waals surface area contributed by atoms with Crippen LogP contribution in [0.15, 0.2) is 5.03 Å². The lowest BCUT2D eigenvalue weighted by Crippen LogP contribution is -2.08. The predicted molar refractivity (Wildman–Crippen MR) is 71.8 cm³/mol. The first kappa shape index (κ1) is 14.8. The molecule has 0 saturated carbocycles. The number of hydrogen-bond donors (Lipinski definition) is 1. The zero-order valence-electron chi connectivity index (χ0n) is 9.56. The van der Waals surface area contributed by atoms with E-state index in [2.05, 4.69) is 10.1 Å². The normalized spacial score (nSPS) is 12.3. The summed E-state index contributed by atoms with van der Waals surface area (Å²) in [5, 5.41) is 3.22. The van der Waals surface area contributed by atoms with Gasteiger partial charge in [0.25, 0.3) is 0 Å². The largest absolute Gasteiger partial charge is 0.315 e. The van der Waals surface area contributed by atoms with Gasteiger partial charge in [-0.1, -0.05) is 48.1 Å². The molecule has 0 unspecified atom stereocenters. The molecule has 0 aromatic carbocycles. The van der Waals surface area contributed by atoms with Gasteiger partial charge in [-0.25, -0.2) is 4.98 Å². The Morgan fingerprint density at radius 3 is 2.42 bits per heavy atom. The molecule has 19 heavy (non-hydrogen) atoms. The van der Waals surface area contributed by atoms with Gasteiger partial charge in [-0.2, -0.15) is 18.0 Å². The lowest BCUT2D eigenvalue weighted by molar-refractivity contribution is 0.476. The lowest BCUT2D eigenvalue weighted by Gasteiger charge is -2.06. The van der Waals surface area contributed by atoms with Crippen molar-refractivity contribution < 1.29 is 13.0 Å². The van der Waals surface area contributed by atoms with Gasteiger partial charge in [-0.3, -0.25) is 4.55 Å². The van der Waals surface area contributed by atoms with Crippen LogP contribution in [0.5, 0.6) is 0 Å². The average Bonchev–Trinajstić information content (AvgIpc) is 2.62. The molecule has 1 N–H and O–H groups in total. The molecule has 6 nitrogen and oxygen atoms in total. The number of rotatable bonds is 3. The molecule has 0 saturated heterocycles. The van der Waals surface area contributed by atoms with Gasteiger partial charge in [-0.15, -0.1) is 0 Å². The van der Waals surface area contributed by atoms with Crippen LogP contribution in [0.1, 0.15) is 19.0 Å². The molecule has 0 fully saturated rings. The Bertz CT molecular complexity index is 757. The van der Waals surface area contributed by atoms with Crippen LogP contribution in [0.2, 0.25) is 15.2 Å². The average molecular weight is 345 g/mol. The van der Waals surface area contributed by atoms with Crippen molar-refractivity contribution in [3.8, 4) is 0 Å². The Morgan fingerprint density at radius 2 is 1.89 bits per heavy atom. The van der Waals surface area contributed by atoms with E-state index in [0.717, 1.165) is 10.9 Å². The van der Waals surface area contributed by atoms with E-state index in [1.165, 1.54) is 0 Å². The minimum atomic E-state index is -4.57. The van der Waals surface area contributed by atoms with Crippen molar-refractivity contribution >= 4 is 50.6 Å². The fourth-order valence-corrected chi connectivity index (χ4v) is 3.11. The number of aromatic nitrogens is 3. The number of nitrogens with zero attached hydrogens (tertiary/aromatic N) is 3. The van der Waals surface area contributed by atoms with E-state index in [1.807, 2.05) is 6.92 Å². The number of aryl methyl sites for hydroxylation is 1. The molecule has 0 aliphatic carbocycles. The Kier molecular flexibility index (Phi) is 3.95. The maximum absolute atomic E-state index is 11.3. The Labute approximate surface area is 124 Å². The Hall–Kier alpha value is -0.600. The van der Waals surface area contributed by atoms with E-state index in [-0.39, 0.29) is 15.7 Å². The third kappa shape index (κ3) is 2.53. The second-order valence-corrected chi connectivity index (χ2v) is 6.19. The first-order valence-electron chi connectivity index (χ1n) is 5.17. The summed E-state index contributed by atoms with van der Waals surface area (Å²) in [6.07, 6.45) is 1.23. The molecule has 0 radical (unpaired) electrons. The summed E-state index contributed by atoms with van der Waals surface area (Å²) in [5.74, 6) is 0. The molecule has 0 bridgehead atoms. The highest BCUT2D eigenvalue weighted by molar-refractivity contribution is 7.85. The summed E-state index contributed by atoms with van der Waals surface area (Å²) in [6, 6.07) is 0. The first-order valence-corrected chi connectivity index (χ1v) is 7.74. The van der Waals surface area contributed by atoms with Crippen LogP contribution in [-0.2, 0) is 16.5 Å². The van der Waals surface area contributed by atoms with Crippen LogP contribution in [0.25, 0.3) is 5.65 Å². The summed E-state index contributed by atoms with van der Waals surface area (Å²) >= 11 is 17.7. The van der Waals surface area contributed by atoms with Crippen molar-refractivity contribution in [3.05, 3.63) is 20.9 Å². The molecule has 0 aliphatic heterocycles. The first-order chi connectivity index (χ1) is 8.77. The van der Waals surface area contributed by atoms with Crippen LogP contribution >= 0.6 is 34.8 Å². The molecule has 0 aliphatic rings. The van der Waals surface area contributed by atoms with Crippen molar-refractivity contribution in [2.45, 2.75) is 24.8 Å². The highest BCUT2D eigenvalue weighted by Gasteiger charge is 2.26. The number of hydrogen-bond acceptors (Lipinski definition) is 4. The molecular weight excluding hydrogens is 337 g/mol. The van der Waals surface area contributed by atoms with E-state index >= 15 is 0 Å². The van der Waals surface area contributed by atoms with Gasteiger partial charge < -0.3 is 0 Å². The zero-order chi connectivity index (χ0) is 14.4. The van der Waals surface area contributed by atoms with Crippen LogP contribution in [-0.4, -0.2) is 27.6 Å². The SMILES string of the molecule is CCCc1nn2c(S(=O)(=O)O)c(Cl)nc2c(Cl)c1Cl. The molecule has 0 atom stereocenters. The molecule has 2 aromatic rings. The lowest BCUT2D eigenvalue weighted by atomic mass is 10.2. The number of halogens is 3. The molecule has 104 valence electrons. The summed E-state index contributed by atoms with van der Waals surface area (Å²) in [7, 11) is -4.57. The smallest absolute Gasteiger partial charge is 0.281 e. The Balaban J connectivity index is 2.91. The van der Waals surface area contributed by atoms with E-state index < -0.39 is 20.3 Å². The highest BCUT2D eigenvalue weighted by Crippen LogP contribution is 2.32. The van der Waals surface area contributed by atoms with Crippen molar-refractivity contribution in [1.82, 2.24) is 14.6 Å². The molecule has 10 heteroatoms. The fourth-order valence-electron chi connectivity index (χ4n) is 1.61. The quantitative estimate of drug-likeness (QED) is 0.865. The topological polar surface area (TPSA) is 84.6 Å². The molecule has 2 aromatic heterocycles. The third-order valence-corrected chi connectivity index (χ3v) is 4.46. The van der Waals surface area contributed by atoms with E-state index in [1.54, 1.807) is 0 Å². The van der Waals surface area contributed by atoms with Crippen molar-refractivity contribution in [1.29, 1.82) is 0 Å². The van der Waals surface area contributed by atoms with Crippen LogP contribution in [0.4, 0.5) is 0 Å². The van der Waals surface area contributed by atoms with Crippen LogP contribution in [0.3, 0.4) is 0 Å². The highest BCUT2D eigenvalue weighted by atomic mass is 35.5. The van der Waals surface area contributed by atoms with E-state index in [4.69, 9.17) is 39.4 Å². The maximum atomic E-state index is 11.3. The van der Waals surface area contributed by atoms with Crippen LogP contribution < -0.4 is 0 Å². The summed E-state index contributed by atoms with van der Waals surface area (Å²) in [5.41, 5.74) is 0.379. The molecule has 0 spiro atoms. The van der Waals surface area contributed by atoms with Gasteiger partial charge in [0, 0.05) is 0 Å². The van der Waals surface area contributed by atoms with Gasteiger partial charge in [-0.05, 0) is 6.42 Å². The Morgan fingerprint density at radius 1 is 1.26 bits per heavy atom. The maximum Gasteiger partial charge on any atom is 0.315 e. The van der Waals surface area contributed by atoms with Crippen molar-refractivity contribution in [3.63, 3.8) is 0 Å². The number of imidazole rings is 1. The zero-order valence-corrected chi connectivity index (χ0v) is 12.6. The minimum absolute atomic E-state index is 0.0239. The van der Waals surface area contributed by atoms with Gasteiger partial charge in [0.05, 0.1) is 10.7 Å². The molecule has 2 heterocycles. The third-order valence-electron chi connectivity index (χ3n) is 2.37. The van der Waals surface area contributed by atoms with Gasteiger partial charge in [0.2, 0.25) is 5.03 Å². The van der Waals surface area contributed by atoms with Crippen molar-refractivity contribution in [2.24, 2.45) is 0 Å². The van der Waals surface area contributed by atoms with E-state index in [0.29, 0.717) is 12.1 Å². The molecular formula is C9H8Cl3N3O3S. The predicted octanol–water partition coefficient (Wildman–Crippen LogP) is 2.89. The summed E-state index contributed by atoms with van der Waals surface area (Å²) in [6.45, 7) is 1.90. The fraction of sp³-hybridized carbons (Fsp3) is 0.333. The number of fused-ring (bicyclic) bond motifs is 1. The summed E-state index contributed by atoms with van der Waals surface area (Å²) in [4.78, 5) is 3.75. The van der Waals surface area contributed by atoms with Gasteiger partial charge in [0.1, 0.15) is 5.02 Å². The van der Waals surface area contributed by atoms with Crippen LogP contribution in [0, 0.1) is 0 Å². The second-order valence-electron chi connectivity index (χ2n) is 3.74. The van der Waals surface area contributed by atoms with E-state index in [9.17, 15) is 8.42 Å². The van der Waals surface area contributed by atoms with Crippen molar-refractivity contribution in [2.75, 3.05) is 0 Å². The minimum Gasteiger partial charge on any atom is -0.281 e. The monoisotopic (exact) mass is 343 g/mol. The summed E-state index contributed by atoms with van der Waals surface area (Å²) < 4.78 is 32.6. The standard InChI is InChI=1S/C9H8Cl3N3O3S/c1-2-3-4-5(10)6(11)8-13-7(12)9(15(8)14-4)19(16,17)18/h2-3H2,1H3,(H,16,17,18). The second kappa shape index (κ2) is 5.06. The molecule has 0 amide bonds.